The summed E-state index contributed by atoms with van der Waals surface area (Å²) in [4.78, 5) is 34.3. The smallest absolute Gasteiger partial charge is 0.330 e. The van der Waals surface area contributed by atoms with Crippen molar-refractivity contribution in [2.24, 2.45) is 7.05 Å². The first-order valence-electron chi connectivity index (χ1n) is 13.8. The second kappa shape index (κ2) is 11.6. The number of furan rings is 1. The Morgan fingerprint density at radius 3 is 2.65 bits per heavy atom. The van der Waals surface area contributed by atoms with Crippen molar-refractivity contribution in [2.45, 2.75) is 6.54 Å². The van der Waals surface area contributed by atoms with E-state index in [1.807, 2.05) is 11.0 Å². The molecule has 226 valence electrons. The van der Waals surface area contributed by atoms with Crippen LogP contribution in [-0.2, 0) is 24.4 Å². The van der Waals surface area contributed by atoms with E-state index in [0.717, 1.165) is 0 Å². The van der Waals surface area contributed by atoms with Crippen LogP contribution in [0.3, 0.4) is 0 Å². The van der Waals surface area contributed by atoms with E-state index in [0.29, 0.717) is 78.8 Å². The first kappa shape index (κ1) is 28.6. The summed E-state index contributed by atoms with van der Waals surface area (Å²) in [6, 6.07) is 9.87. The fraction of sp³-hybridized carbons (Fsp3) is 0.357. The van der Waals surface area contributed by atoms with Crippen LogP contribution in [0.5, 0.6) is 0 Å². The van der Waals surface area contributed by atoms with Crippen molar-refractivity contribution in [2.75, 3.05) is 61.9 Å². The molecule has 1 aromatic carbocycles. The Labute approximate surface area is 248 Å². The largest absolute Gasteiger partial charge is 0.463 e. The number of nitrogens with two attached hydrogens (primary N) is 1. The van der Waals surface area contributed by atoms with Gasteiger partial charge in [-0.15, -0.1) is 0 Å². The number of aromatic nitrogens is 5. The summed E-state index contributed by atoms with van der Waals surface area (Å²) in [6.07, 6.45) is 3.13. The fourth-order valence-electron chi connectivity index (χ4n) is 5.44. The van der Waals surface area contributed by atoms with Crippen LogP contribution in [0, 0.1) is 5.82 Å². The number of piperazine rings is 1. The molecule has 1 aliphatic heterocycles. The van der Waals surface area contributed by atoms with E-state index in [1.54, 1.807) is 53.0 Å². The predicted molar refractivity (Wildman–Crippen MR) is 162 cm³/mol. The van der Waals surface area contributed by atoms with E-state index >= 15 is 0 Å². The van der Waals surface area contributed by atoms with E-state index < -0.39 is 22.5 Å². The zero-order chi connectivity index (χ0) is 30.2. The van der Waals surface area contributed by atoms with Gasteiger partial charge in [0.15, 0.2) is 11.4 Å². The number of carbonyl (C=O) groups is 1. The summed E-state index contributed by atoms with van der Waals surface area (Å²) in [6.45, 7) is 3.79. The number of aryl methyl sites for hydroxylation is 1. The lowest BCUT2D eigenvalue weighted by Crippen LogP contribution is -2.47. The average molecular weight is 610 g/mol. The number of rotatable bonds is 9. The second-order valence-corrected chi connectivity index (χ2v) is 12.0. The molecule has 15 heteroatoms. The standard InChI is InChI=1S/C28H32FN9O4S/c1-34-24-22-17-20(23-4-3-14-42-23)33-38(22)27(30)32-25(24)37(28(34)40)13-10-35-8-11-36(12-9-35)21-6-5-18(16-19(21)29)26(39)31-7-15-43(2)41/h3-6,14,16-17H,7-13,15H2,1-2H3,(H2,30,32)(H,31,39)/t43-/m0/s1. The number of amides is 1. The first-order valence-corrected chi connectivity index (χ1v) is 15.6. The Bertz CT molecular complexity index is 1890. The van der Waals surface area contributed by atoms with Crippen molar-refractivity contribution in [3.63, 3.8) is 0 Å². The molecule has 6 rings (SSSR count). The van der Waals surface area contributed by atoms with E-state index in [1.165, 1.54) is 10.6 Å². The van der Waals surface area contributed by atoms with Crippen molar-refractivity contribution in [1.82, 2.24) is 33.9 Å². The number of nitrogens with one attached hydrogen (secondary N) is 1. The van der Waals surface area contributed by atoms with Gasteiger partial charge in [0.05, 0.1) is 17.5 Å². The number of halogens is 1. The Hall–Kier alpha value is -4.50. The number of anilines is 2. The van der Waals surface area contributed by atoms with Crippen LogP contribution >= 0.6 is 0 Å². The van der Waals surface area contributed by atoms with Crippen LogP contribution in [0.1, 0.15) is 10.4 Å². The number of nitrogens with zero attached hydrogens (tertiary/aromatic N) is 7. The highest BCUT2D eigenvalue weighted by Crippen LogP contribution is 2.26. The molecule has 1 amide bonds. The van der Waals surface area contributed by atoms with Crippen LogP contribution in [0.2, 0.25) is 0 Å². The maximum absolute atomic E-state index is 15.0. The SMILES string of the molecule is Cn1c(=O)n(CCN2CCN(c3ccc(C(=O)NCC[S@](C)=O)cc3F)CC2)c2nc(N)n3nc(-c4ccco4)cc3c21. The van der Waals surface area contributed by atoms with Gasteiger partial charge >= 0.3 is 5.69 Å². The van der Waals surface area contributed by atoms with Gasteiger partial charge in [0.1, 0.15) is 17.0 Å². The molecular weight excluding hydrogens is 577 g/mol. The van der Waals surface area contributed by atoms with Gasteiger partial charge in [-0.3, -0.25) is 23.0 Å². The molecular formula is C28H32FN9O4S. The van der Waals surface area contributed by atoms with Gasteiger partial charge in [0.2, 0.25) is 5.95 Å². The fourth-order valence-corrected chi connectivity index (χ4v) is 5.83. The van der Waals surface area contributed by atoms with E-state index in [-0.39, 0.29) is 23.7 Å². The zero-order valence-electron chi connectivity index (χ0n) is 23.8. The number of carbonyl (C=O) groups excluding carboxylic acids is 1. The van der Waals surface area contributed by atoms with E-state index in [9.17, 15) is 18.2 Å². The maximum atomic E-state index is 15.0. The van der Waals surface area contributed by atoms with Crippen LogP contribution < -0.4 is 21.6 Å². The van der Waals surface area contributed by atoms with Gasteiger partial charge in [-0.2, -0.15) is 14.6 Å². The quantitative estimate of drug-likeness (QED) is 0.252. The van der Waals surface area contributed by atoms with Crippen molar-refractivity contribution in [3.05, 3.63) is 64.5 Å². The van der Waals surface area contributed by atoms with Crippen molar-refractivity contribution in [3.8, 4) is 11.5 Å². The third-order valence-corrected chi connectivity index (χ3v) is 8.50. The highest BCUT2D eigenvalue weighted by atomic mass is 32.2. The molecule has 5 aromatic rings. The molecule has 0 spiro atoms. The third-order valence-electron chi connectivity index (χ3n) is 7.72. The Morgan fingerprint density at radius 1 is 1.16 bits per heavy atom. The number of hydrogen-bond acceptors (Lipinski definition) is 9. The first-order chi connectivity index (χ1) is 20.7. The topological polar surface area (TPSA) is 149 Å². The van der Waals surface area contributed by atoms with Crippen LogP contribution in [0.4, 0.5) is 16.0 Å². The van der Waals surface area contributed by atoms with Gasteiger partial charge < -0.3 is 20.4 Å². The molecule has 4 aromatic heterocycles. The van der Waals surface area contributed by atoms with Crippen molar-refractivity contribution in [1.29, 1.82) is 0 Å². The minimum atomic E-state index is -1.01. The number of hydrogen-bond donors (Lipinski definition) is 2. The third kappa shape index (κ3) is 5.52. The van der Waals surface area contributed by atoms with Gasteiger partial charge in [-0.1, -0.05) is 0 Å². The van der Waals surface area contributed by atoms with Crippen LogP contribution in [0.15, 0.2) is 51.9 Å². The maximum Gasteiger partial charge on any atom is 0.330 e. The van der Waals surface area contributed by atoms with Gasteiger partial charge in [0, 0.05) is 81.2 Å². The highest BCUT2D eigenvalue weighted by Gasteiger charge is 2.23. The molecule has 43 heavy (non-hydrogen) atoms. The lowest BCUT2D eigenvalue weighted by molar-refractivity contribution is 0.0955. The van der Waals surface area contributed by atoms with Gasteiger partial charge in [-0.05, 0) is 36.4 Å². The van der Waals surface area contributed by atoms with Crippen LogP contribution in [0.25, 0.3) is 28.1 Å². The number of nitrogen functional groups attached to an aromatic ring is 1. The summed E-state index contributed by atoms with van der Waals surface area (Å²) in [5.41, 5.74) is 9.06. The minimum absolute atomic E-state index is 0.163. The molecule has 13 nitrogen and oxygen atoms in total. The molecule has 5 heterocycles. The Morgan fingerprint density at radius 2 is 1.95 bits per heavy atom. The molecule has 0 unspecified atom stereocenters. The molecule has 0 bridgehead atoms. The highest BCUT2D eigenvalue weighted by molar-refractivity contribution is 7.84. The Balaban J connectivity index is 1.12. The van der Waals surface area contributed by atoms with Gasteiger partial charge in [0.25, 0.3) is 5.91 Å². The molecule has 1 saturated heterocycles. The van der Waals surface area contributed by atoms with Gasteiger partial charge in [-0.25, -0.2) is 9.18 Å². The zero-order valence-corrected chi connectivity index (χ0v) is 24.6. The Kier molecular flexibility index (Phi) is 7.75. The molecule has 1 fully saturated rings. The summed E-state index contributed by atoms with van der Waals surface area (Å²) in [5.74, 6) is 0.234. The molecule has 0 radical (unpaired) electrons. The predicted octanol–water partition coefficient (Wildman–Crippen LogP) is 1.29. The molecule has 0 saturated carbocycles. The molecule has 0 aliphatic carbocycles. The monoisotopic (exact) mass is 609 g/mol. The normalized spacial score (nSPS) is 15.0. The minimum Gasteiger partial charge on any atom is -0.463 e. The van der Waals surface area contributed by atoms with Crippen molar-refractivity contribution < 1.29 is 17.8 Å². The number of imidazole rings is 1. The number of benzene rings is 1. The van der Waals surface area contributed by atoms with E-state index in [4.69, 9.17) is 10.2 Å². The van der Waals surface area contributed by atoms with E-state index in [2.05, 4.69) is 20.3 Å². The summed E-state index contributed by atoms with van der Waals surface area (Å²) in [7, 11) is 0.689. The second-order valence-electron chi connectivity index (χ2n) is 10.5. The molecule has 3 N–H and O–H groups in total. The summed E-state index contributed by atoms with van der Waals surface area (Å²) in [5, 5.41) is 7.18. The average Bonchev–Trinajstić information content (AvgIpc) is 3.72. The van der Waals surface area contributed by atoms with Crippen molar-refractivity contribution >= 4 is 45.0 Å². The van der Waals surface area contributed by atoms with Crippen LogP contribution in [-0.4, -0.2) is 90.0 Å². The lowest BCUT2D eigenvalue weighted by atomic mass is 10.1. The number of fused-ring (bicyclic) bond motifs is 3. The summed E-state index contributed by atoms with van der Waals surface area (Å²) >= 11 is 0. The summed E-state index contributed by atoms with van der Waals surface area (Å²) < 4.78 is 36.3. The molecule has 1 atom stereocenters. The lowest BCUT2D eigenvalue weighted by Gasteiger charge is -2.36. The molecule has 1 aliphatic rings.